The van der Waals surface area contributed by atoms with E-state index in [4.69, 9.17) is 4.98 Å². The van der Waals surface area contributed by atoms with Gasteiger partial charge in [0.15, 0.2) is 11.6 Å². The Morgan fingerprint density at radius 2 is 1.71 bits per heavy atom. The number of fused-ring (bicyclic) bond motifs is 2. The second-order valence-electron chi connectivity index (χ2n) is 11.8. The molecule has 3 aromatic carbocycles. The van der Waals surface area contributed by atoms with Crippen molar-refractivity contribution < 1.29 is 13.9 Å². The number of hydrogen-bond donors (Lipinski definition) is 5. The molecule has 242 valence electrons. The Morgan fingerprint density at radius 3 is 2.54 bits per heavy atom. The molecule has 0 amide bonds. The SMILES string of the molecule is CN(C)CCNc1cc(F)cc(-c2cccc3[nH]c(-c4n[nH]c5cnc(-c6cncc(NC(O)Cc7ccccc7)c6)c(F)c45)nc23)c1. The van der Waals surface area contributed by atoms with Gasteiger partial charge in [-0.25, -0.2) is 13.8 Å². The van der Waals surface area contributed by atoms with Crippen molar-refractivity contribution >= 4 is 33.3 Å². The second-order valence-corrected chi connectivity index (χ2v) is 11.8. The van der Waals surface area contributed by atoms with E-state index in [0.717, 1.165) is 17.7 Å². The van der Waals surface area contributed by atoms with Crippen molar-refractivity contribution in [2.75, 3.05) is 37.8 Å². The highest BCUT2D eigenvalue weighted by molar-refractivity contribution is 5.98. The number of anilines is 2. The maximum Gasteiger partial charge on any atom is 0.161 e. The van der Waals surface area contributed by atoms with Crippen molar-refractivity contribution in [3.05, 3.63) is 109 Å². The molecule has 1 unspecified atom stereocenters. The predicted octanol–water partition coefficient (Wildman–Crippen LogP) is 6.45. The minimum absolute atomic E-state index is 0.0738. The maximum absolute atomic E-state index is 16.3. The summed E-state index contributed by atoms with van der Waals surface area (Å²) in [5, 5.41) is 24.4. The monoisotopic (exact) mass is 645 g/mol. The molecule has 12 heteroatoms. The number of halogens is 2. The van der Waals surface area contributed by atoms with E-state index < -0.39 is 12.0 Å². The highest BCUT2D eigenvalue weighted by Gasteiger charge is 2.22. The molecule has 5 N–H and O–H groups in total. The molecule has 0 aliphatic rings. The van der Waals surface area contributed by atoms with Crippen LogP contribution in [0.3, 0.4) is 0 Å². The number of imidazole rings is 1. The lowest BCUT2D eigenvalue weighted by Crippen LogP contribution is -2.21. The minimum Gasteiger partial charge on any atom is -0.384 e. The first-order chi connectivity index (χ1) is 23.3. The molecule has 0 spiro atoms. The Labute approximate surface area is 274 Å². The summed E-state index contributed by atoms with van der Waals surface area (Å²) in [6.07, 6.45) is 4.10. The summed E-state index contributed by atoms with van der Waals surface area (Å²) in [4.78, 5) is 18.8. The standard InChI is InChI=1S/C36H33F2N9O/c1-47(2)12-11-40-25-15-22(14-24(37)17-25)27-9-6-10-28-34(27)44-36(43-28)35-31-29(45-46-35)20-41-33(32(31)38)23-16-26(19-39-18-23)42-30(48)13-21-7-4-3-5-8-21/h3-10,14-20,30,40,42,48H,11-13H2,1-2H3,(H,43,44)(H,45,46). The van der Waals surface area contributed by atoms with Gasteiger partial charge in [-0.05, 0) is 55.6 Å². The van der Waals surface area contributed by atoms with E-state index in [0.29, 0.717) is 57.8 Å². The fourth-order valence-corrected chi connectivity index (χ4v) is 5.73. The third-order valence-corrected chi connectivity index (χ3v) is 8.00. The number of H-pyrrole nitrogens is 2. The van der Waals surface area contributed by atoms with Crippen molar-refractivity contribution in [1.29, 1.82) is 0 Å². The predicted molar refractivity (Wildman–Crippen MR) is 184 cm³/mol. The van der Waals surface area contributed by atoms with Crippen molar-refractivity contribution in [3.63, 3.8) is 0 Å². The molecular weight excluding hydrogens is 612 g/mol. The Morgan fingerprint density at radius 1 is 0.875 bits per heavy atom. The zero-order valence-corrected chi connectivity index (χ0v) is 26.3. The lowest BCUT2D eigenvalue weighted by atomic mass is 10.0. The van der Waals surface area contributed by atoms with Crippen LogP contribution in [0, 0.1) is 11.6 Å². The van der Waals surface area contributed by atoms with Crippen LogP contribution in [0.4, 0.5) is 20.2 Å². The number of pyridine rings is 2. The van der Waals surface area contributed by atoms with Gasteiger partial charge in [0.05, 0.1) is 40.0 Å². The maximum atomic E-state index is 16.3. The number of nitrogens with zero attached hydrogens (tertiary/aromatic N) is 5. The summed E-state index contributed by atoms with van der Waals surface area (Å²) in [6.45, 7) is 1.46. The highest BCUT2D eigenvalue weighted by Crippen LogP contribution is 2.35. The summed E-state index contributed by atoms with van der Waals surface area (Å²) in [5.41, 5.74) is 5.99. The molecule has 4 heterocycles. The number of likely N-dealkylation sites (N-methyl/N-ethyl adjacent to an activating group) is 1. The summed E-state index contributed by atoms with van der Waals surface area (Å²) < 4.78 is 31.1. The molecule has 7 aromatic rings. The molecule has 48 heavy (non-hydrogen) atoms. The molecule has 0 aliphatic carbocycles. The molecule has 7 rings (SSSR count). The van der Waals surface area contributed by atoms with Gasteiger partial charge in [0.25, 0.3) is 0 Å². The van der Waals surface area contributed by atoms with Gasteiger partial charge < -0.3 is 25.6 Å². The zero-order valence-electron chi connectivity index (χ0n) is 26.3. The minimum atomic E-state index is -0.874. The molecule has 0 fully saturated rings. The van der Waals surface area contributed by atoms with E-state index >= 15 is 4.39 Å². The number of para-hydroxylation sites is 1. The molecule has 4 aromatic heterocycles. The van der Waals surface area contributed by atoms with E-state index in [-0.39, 0.29) is 22.6 Å². The molecule has 0 bridgehead atoms. The molecule has 10 nitrogen and oxygen atoms in total. The van der Waals surface area contributed by atoms with Gasteiger partial charge in [-0.3, -0.25) is 15.1 Å². The van der Waals surface area contributed by atoms with Crippen molar-refractivity contribution in [1.82, 2.24) is 35.0 Å². The average Bonchev–Trinajstić information content (AvgIpc) is 3.70. The van der Waals surface area contributed by atoms with E-state index in [1.54, 1.807) is 12.3 Å². The summed E-state index contributed by atoms with van der Waals surface area (Å²) in [5.74, 6) is -0.621. The van der Waals surface area contributed by atoms with Crippen molar-refractivity contribution in [2.24, 2.45) is 0 Å². The number of aromatic amines is 2. The quantitative estimate of drug-likeness (QED) is 0.101. The summed E-state index contributed by atoms with van der Waals surface area (Å²) >= 11 is 0. The Kier molecular flexibility index (Phi) is 8.49. The number of rotatable bonds is 11. The number of aromatic nitrogens is 6. The van der Waals surface area contributed by atoms with Gasteiger partial charge in [0.2, 0.25) is 0 Å². The van der Waals surface area contributed by atoms with Crippen LogP contribution in [0.15, 0.2) is 91.4 Å². The molecule has 0 saturated heterocycles. The third-order valence-electron chi connectivity index (χ3n) is 8.00. The van der Waals surface area contributed by atoms with Crippen molar-refractivity contribution in [3.8, 4) is 33.9 Å². The third kappa shape index (κ3) is 6.43. The van der Waals surface area contributed by atoms with Gasteiger partial charge >= 0.3 is 0 Å². The first-order valence-electron chi connectivity index (χ1n) is 15.5. The lowest BCUT2D eigenvalue weighted by molar-refractivity contribution is 0.204. The number of aliphatic hydroxyl groups is 1. The molecular formula is C36H33F2N9O. The molecule has 1 atom stereocenters. The summed E-state index contributed by atoms with van der Waals surface area (Å²) in [6, 6.07) is 21.7. The van der Waals surface area contributed by atoms with Crippen LogP contribution in [0.5, 0.6) is 0 Å². The number of benzene rings is 3. The van der Waals surface area contributed by atoms with E-state index in [1.807, 2.05) is 73.6 Å². The number of nitrogens with one attached hydrogen (secondary N) is 4. The van der Waals surface area contributed by atoms with Gasteiger partial charge in [0.1, 0.15) is 23.4 Å². The van der Waals surface area contributed by atoms with Crippen LogP contribution < -0.4 is 10.6 Å². The van der Waals surface area contributed by atoms with Crippen LogP contribution in [-0.2, 0) is 6.42 Å². The van der Waals surface area contributed by atoms with Gasteiger partial charge in [-0.2, -0.15) is 5.10 Å². The van der Waals surface area contributed by atoms with E-state index in [1.165, 1.54) is 24.5 Å². The fourth-order valence-electron chi connectivity index (χ4n) is 5.73. The Bertz CT molecular complexity index is 2220. The summed E-state index contributed by atoms with van der Waals surface area (Å²) in [7, 11) is 3.96. The first-order valence-corrected chi connectivity index (χ1v) is 15.5. The number of aliphatic hydroxyl groups excluding tert-OH is 1. The smallest absolute Gasteiger partial charge is 0.161 e. The Balaban J connectivity index is 1.21. The highest BCUT2D eigenvalue weighted by atomic mass is 19.1. The normalized spacial score (nSPS) is 12.2. The lowest BCUT2D eigenvalue weighted by Gasteiger charge is -2.15. The number of hydrogen-bond acceptors (Lipinski definition) is 8. The topological polar surface area (TPSA) is 131 Å². The van der Waals surface area contributed by atoms with Crippen LogP contribution in [-0.4, -0.2) is 73.6 Å². The molecule has 0 saturated carbocycles. The molecule has 0 radical (unpaired) electrons. The van der Waals surface area contributed by atoms with Gasteiger partial charge in [-0.15, -0.1) is 0 Å². The van der Waals surface area contributed by atoms with Gasteiger partial charge in [0, 0.05) is 42.5 Å². The van der Waals surface area contributed by atoms with Crippen LogP contribution >= 0.6 is 0 Å². The second kappa shape index (κ2) is 13.2. The van der Waals surface area contributed by atoms with Gasteiger partial charge in [-0.1, -0.05) is 42.5 Å². The van der Waals surface area contributed by atoms with E-state index in [2.05, 4.69) is 35.8 Å². The van der Waals surface area contributed by atoms with Crippen LogP contribution in [0.25, 0.3) is 55.8 Å². The fraction of sp³-hybridized carbons (Fsp3) is 0.167. The van der Waals surface area contributed by atoms with Crippen LogP contribution in [0.1, 0.15) is 5.56 Å². The zero-order chi connectivity index (χ0) is 33.2. The largest absolute Gasteiger partial charge is 0.384 e. The molecule has 0 aliphatic heterocycles. The van der Waals surface area contributed by atoms with Crippen molar-refractivity contribution in [2.45, 2.75) is 12.6 Å². The first kappa shape index (κ1) is 30.9. The Hall–Kier alpha value is -5.72. The average molecular weight is 646 g/mol. The van der Waals surface area contributed by atoms with E-state index in [9.17, 15) is 9.50 Å². The van der Waals surface area contributed by atoms with Crippen LogP contribution in [0.2, 0.25) is 0 Å².